The van der Waals surface area contributed by atoms with Crippen molar-refractivity contribution in [3.05, 3.63) is 24.5 Å². The van der Waals surface area contributed by atoms with Crippen LogP contribution in [-0.4, -0.2) is 79.2 Å². The highest BCUT2D eigenvalue weighted by atomic mass is 32.2. The van der Waals surface area contributed by atoms with Crippen molar-refractivity contribution in [2.75, 3.05) is 45.8 Å². The van der Waals surface area contributed by atoms with Crippen LogP contribution < -0.4 is 0 Å². The molecule has 7 nitrogen and oxygen atoms in total. The standard InChI is InChI=1S/C19H32N4O3S/c1-16(2)13-22(14-17(3)4)19(24)15-21-8-10-23(11-9-21)27(25,26)18-6-5-7-20-12-18/h5-7,12,16-17H,8-11,13-15H2,1-4H3. The maximum Gasteiger partial charge on any atom is 0.244 e. The lowest BCUT2D eigenvalue weighted by atomic mass is 10.1. The molecule has 1 saturated heterocycles. The van der Waals surface area contributed by atoms with E-state index in [1.54, 1.807) is 18.3 Å². The second-order valence-electron chi connectivity index (χ2n) is 7.96. The van der Waals surface area contributed by atoms with Crippen LogP contribution in [0.5, 0.6) is 0 Å². The first kappa shape index (κ1) is 21.8. The summed E-state index contributed by atoms with van der Waals surface area (Å²) in [6.07, 6.45) is 2.93. The molecule has 0 N–H and O–H groups in total. The summed E-state index contributed by atoms with van der Waals surface area (Å²) in [5.74, 6) is 0.976. The highest BCUT2D eigenvalue weighted by Crippen LogP contribution is 2.16. The summed E-state index contributed by atoms with van der Waals surface area (Å²) < 4.78 is 26.8. The third-order valence-corrected chi connectivity index (χ3v) is 6.37. The molecule has 1 aliphatic rings. The number of sulfonamides is 1. The monoisotopic (exact) mass is 396 g/mol. The summed E-state index contributed by atoms with van der Waals surface area (Å²) >= 11 is 0. The van der Waals surface area contributed by atoms with Gasteiger partial charge in [0.25, 0.3) is 0 Å². The van der Waals surface area contributed by atoms with Gasteiger partial charge in [0.2, 0.25) is 15.9 Å². The van der Waals surface area contributed by atoms with E-state index in [0.717, 1.165) is 13.1 Å². The molecule has 0 aromatic carbocycles. The Morgan fingerprint density at radius 2 is 1.70 bits per heavy atom. The van der Waals surface area contributed by atoms with Gasteiger partial charge in [0.05, 0.1) is 6.54 Å². The highest BCUT2D eigenvalue weighted by Gasteiger charge is 2.30. The number of rotatable bonds is 8. The smallest absolute Gasteiger partial charge is 0.244 e. The molecule has 0 bridgehead atoms. The Bertz CT molecular complexity index is 689. The third-order valence-electron chi connectivity index (χ3n) is 4.49. The number of amides is 1. The van der Waals surface area contributed by atoms with Crippen molar-refractivity contribution in [2.45, 2.75) is 32.6 Å². The summed E-state index contributed by atoms with van der Waals surface area (Å²) in [6.45, 7) is 12.2. The van der Waals surface area contributed by atoms with Crippen LogP contribution in [0.25, 0.3) is 0 Å². The van der Waals surface area contributed by atoms with Crippen LogP contribution in [0.15, 0.2) is 29.4 Å². The molecule has 0 atom stereocenters. The fraction of sp³-hybridized carbons (Fsp3) is 0.684. The average Bonchev–Trinajstić information content (AvgIpc) is 2.61. The van der Waals surface area contributed by atoms with E-state index in [1.165, 1.54) is 10.5 Å². The number of hydrogen-bond donors (Lipinski definition) is 0. The van der Waals surface area contributed by atoms with Crippen LogP contribution in [0.4, 0.5) is 0 Å². The maximum absolute atomic E-state index is 12.7. The van der Waals surface area contributed by atoms with Crippen molar-refractivity contribution in [1.82, 2.24) is 19.1 Å². The van der Waals surface area contributed by atoms with Crippen molar-refractivity contribution >= 4 is 15.9 Å². The van der Waals surface area contributed by atoms with Gasteiger partial charge in [-0.15, -0.1) is 0 Å². The van der Waals surface area contributed by atoms with Gasteiger partial charge in [-0.25, -0.2) is 8.42 Å². The van der Waals surface area contributed by atoms with Gasteiger partial charge in [0.15, 0.2) is 0 Å². The third kappa shape index (κ3) is 6.26. The van der Waals surface area contributed by atoms with Crippen molar-refractivity contribution in [3.8, 4) is 0 Å². The molecule has 0 aliphatic carbocycles. The fourth-order valence-corrected chi connectivity index (χ4v) is 4.61. The topological polar surface area (TPSA) is 73.8 Å². The second-order valence-corrected chi connectivity index (χ2v) is 9.89. The molecule has 1 aliphatic heterocycles. The minimum Gasteiger partial charge on any atom is -0.341 e. The molecule has 0 saturated carbocycles. The molecule has 1 amide bonds. The number of hydrogen-bond acceptors (Lipinski definition) is 5. The number of aromatic nitrogens is 1. The first-order valence-corrected chi connectivity index (χ1v) is 11.0. The van der Waals surface area contributed by atoms with Gasteiger partial charge in [-0.05, 0) is 24.0 Å². The van der Waals surface area contributed by atoms with Gasteiger partial charge in [-0.2, -0.15) is 4.31 Å². The molecule has 2 heterocycles. The minimum absolute atomic E-state index is 0.126. The molecule has 0 spiro atoms. The number of pyridine rings is 1. The van der Waals surface area contributed by atoms with E-state index in [1.807, 2.05) is 9.80 Å². The zero-order chi connectivity index (χ0) is 20.0. The summed E-state index contributed by atoms with van der Waals surface area (Å²) in [5.41, 5.74) is 0. The quantitative estimate of drug-likeness (QED) is 0.666. The largest absolute Gasteiger partial charge is 0.341 e. The Hall–Kier alpha value is -1.51. The number of carbonyl (C=O) groups is 1. The average molecular weight is 397 g/mol. The zero-order valence-corrected chi connectivity index (χ0v) is 17.7. The van der Waals surface area contributed by atoms with Gasteiger partial charge in [0.1, 0.15) is 4.90 Å². The first-order valence-electron chi connectivity index (χ1n) is 9.60. The van der Waals surface area contributed by atoms with Crippen LogP contribution >= 0.6 is 0 Å². The number of nitrogens with zero attached hydrogens (tertiary/aromatic N) is 4. The van der Waals surface area contributed by atoms with Crippen LogP contribution in [0.1, 0.15) is 27.7 Å². The normalized spacial score (nSPS) is 16.8. The van der Waals surface area contributed by atoms with Gasteiger partial charge >= 0.3 is 0 Å². The molecule has 8 heteroatoms. The lowest BCUT2D eigenvalue weighted by Gasteiger charge is -2.35. The lowest BCUT2D eigenvalue weighted by Crippen LogP contribution is -2.52. The van der Waals surface area contributed by atoms with Gasteiger partial charge in [-0.1, -0.05) is 27.7 Å². The predicted octanol–water partition coefficient (Wildman–Crippen LogP) is 1.53. The Labute approximate surface area is 163 Å². The molecule has 27 heavy (non-hydrogen) atoms. The van der Waals surface area contributed by atoms with E-state index in [9.17, 15) is 13.2 Å². The molecule has 2 rings (SSSR count). The van der Waals surface area contributed by atoms with Gasteiger partial charge in [0, 0.05) is 51.7 Å². The predicted molar refractivity (Wildman–Crippen MR) is 106 cm³/mol. The molecular weight excluding hydrogens is 364 g/mol. The van der Waals surface area contributed by atoms with Crippen LogP contribution in [0.3, 0.4) is 0 Å². The second kappa shape index (κ2) is 9.61. The van der Waals surface area contributed by atoms with Crippen molar-refractivity contribution in [1.29, 1.82) is 0 Å². The molecule has 1 aromatic rings. The van der Waals surface area contributed by atoms with Crippen molar-refractivity contribution < 1.29 is 13.2 Å². The fourth-order valence-electron chi connectivity index (χ4n) is 3.23. The number of piperazine rings is 1. The van der Waals surface area contributed by atoms with Crippen LogP contribution in [0, 0.1) is 11.8 Å². The lowest BCUT2D eigenvalue weighted by molar-refractivity contribution is -0.133. The Morgan fingerprint density at radius 1 is 1.11 bits per heavy atom. The molecule has 0 radical (unpaired) electrons. The minimum atomic E-state index is -3.51. The van der Waals surface area contributed by atoms with E-state index < -0.39 is 10.0 Å². The molecule has 1 aromatic heterocycles. The summed E-state index contributed by atoms with van der Waals surface area (Å²) in [4.78, 5) is 20.8. The SMILES string of the molecule is CC(C)CN(CC(C)C)C(=O)CN1CCN(S(=O)(=O)c2cccnc2)CC1. The maximum atomic E-state index is 12.7. The van der Waals surface area contributed by atoms with Gasteiger partial charge < -0.3 is 4.90 Å². The van der Waals surface area contributed by atoms with Gasteiger partial charge in [-0.3, -0.25) is 14.7 Å². The molecule has 1 fully saturated rings. The molecule has 0 unspecified atom stereocenters. The number of carbonyl (C=O) groups excluding carboxylic acids is 1. The Balaban J connectivity index is 1.92. The van der Waals surface area contributed by atoms with Crippen molar-refractivity contribution in [3.63, 3.8) is 0 Å². The summed E-state index contributed by atoms with van der Waals surface area (Å²) in [6, 6.07) is 3.19. The van der Waals surface area contributed by atoms with E-state index in [-0.39, 0.29) is 10.8 Å². The summed E-state index contributed by atoms with van der Waals surface area (Å²) in [5, 5.41) is 0. The summed E-state index contributed by atoms with van der Waals surface area (Å²) in [7, 11) is -3.51. The van der Waals surface area contributed by atoms with E-state index in [2.05, 4.69) is 32.7 Å². The molecular formula is C19H32N4O3S. The van der Waals surface area contributed by atoms with Crippen LogP contribution in [-0.2, 0) is 14.8 Å². The Kier molecular flexibility index (Phi) is 7.76. The zero-order valence-electron chi connectivity index (χ0n) is 16.8. The van der Waals surface area contributed by atoms with Crippen molar-refractivity contribution in [2.24, 2.45) is 11.8 Å². The van der Waals surface area contributed by atoms with E-state index in [4.69, 9.17) is 0 Å². The first-order chi connectivity index (χ1) is 12.7. The van der Waals surface area contributed by atoms with E-state index in [0.29, 0.717) is 44.6 Å². The van der Waals surface area contributed by atoms with E-state index >= 15 is 0 Å². The highest BCUT2D eigenvalue weighted by molar-refractivity contribution is 7.89. The van der Waals surface area contributed by atoms with Crippen LogP contribution in [0.2, 0.25) is 0 Å². The molecule has 152 valence electrons. The Morgan fingerprint density at radius 3 is 2.19 bits per heavy atom.